The number of hydroxylamine groups is 2. The second kappa shape index (κ2) is 10.6. The fourth-order valence-corrected chi connectivity index (χ4v) is 3.98. The minimum atomic E-state index is -0.494. The Morgan fingerprint density at radius 1 is 1.19 bits per heavy atom. The Morgan fingerprint density at radius 3 is 2.37 bits per heavy atom. The molecule has 0 aromatic heterocycles. The van der Waals surface area contributed by atoms with Crippen molar-refractivity contribution in [2.75, 3.05) is 26.2 Å². The molecule has 2 N–H and O–H groups in total. The van der Waals surface area contributed by atoms with E-state index in [2.05, 4.69) is 5.43 Å². The van der Waals surface area contributed by atoms with E-state index in [4.69, 9.17) is 0 Å². The average Bonchev–Trinajstić information content (AvgIpc) is 3.33. The molecule has 2 fully saturated rings. The van der Waals surface area contributed by atoms with Gasteiger partial charge in [0.25, 0.3) is 0 Å². The number of amides is 3. The summed E-state index contributed by atoms with van der Waals surface area (Å²) < 4.78 is 0. The maximum absolute atomic E-state index is 12.9. The van der Waals surface area contributed by atoms with Crippen molar-refractivity contribution < 1.29 is 19.6 Å². The number of nitrogens with zero attached hydrogens (tertiary/aromatic N) is 3. The molecule has 3 amide bonds. The molecule has 0 spiro atoms. The summed E-state index contributed by atoms with van der Waals surface area (Å²) >= 11 is 0. The first kappa shape index (κ1) is 21.6. The summed E-state index contributed by atoms with van der Waals surface area (Å²) in [5.74, 6) is -0.276. The molecular formula is C19H34N4O4. The van der Waals surface area contributed by atoms with E-state index in [0.717, 1.165) is 51.6 Å². The van der Waals surface area contributed by atoms with Crippen LogP contribution in [0.3, 0.4) is 0 Å². The number of carbonyl (C=O) groups excluding carboxylic acids is 3. The van der Waals surface area contributed by atoms with E-state index in [-0.39, 0.29) is 30.9 Å². The second-order valence-electron chi connectivity index (χ2n) is 8.10. The van der Waals surface area contributed by atoms with E-state index in [1.165, 1.54) is 0 Å². The summed E-state index contributed by atoms with van der Waals surface area (Å²) in [6, 6.07) is -0.0380. The van der Waals surface area contributed by atoms with Gasteiger partial charge in [0, 0.05) is 19.1 Å². The van der Waals surface area contributed by atoms with Crippen LogP contribution in [0.15, 0.2) is 0 Å². The van der Waals surface area contributed by atoms with Gasteiger partial charge in [0.2, 0.25) is 18.2 Å². The quantitative estimate of drug-likeness (QED) is 0.338. The lowest BCUT2D eigenvalue weighted by Crippen LogP contribution is -2.53. The lowest BCUT2D eigenvalue weighted by atomic mass is 9.92. The van der Waals surface area contributed by atoms with Crippen LogP contribution in [0.25, 0.3) is 0 Å². The molecule has 27 heavy (non-hydrogen) atoms. The standard InChI is InChI=1S/C19H34N4O4/c1-15(2)23(13-18(25)21-9-5-6-10-21)20-19(26)17(12-22(27)14-24)11-16-7-3-4-8-16/h14-17,27H,3-13H2,1-2H3,(H,20,26)/t17-/m1/s1. The molecule has 1 saturated carbocycles. The minimum Gasteiger partial charge on any atom is -0.342 e. The van der Waals surface area contributed by atoms with E-state index in [1.807, 2.05) is 18.7 Å². The predicted molar refractivity (Wildman–Crippen MR) is 100 cm³/mol. The van der Waals surface area contributed by atoms with Crippen LogP contribution in [0.5, 0.6) is 0 Å². The zero-order valence-electron chi connectivity index (χ0n) is 16.6. The number of likely N-dealkylation sites (tertiary alicyclic amines) is 1. The Bertz CT molecular complexity index is 502. The van der Waals surface area contributed by atoms with Crippen molar-refractivity contribution in [3.8, 4) is 0 Å². The summed E-state index contributed by atoms with van der Waals surface area (Å²) in [5.41, 5.74) is 2.87. The predicted octanol–water partition coefficient (Wildman–Crippen LogP) is 1.39. The highest BCUT2D eigenvalue weighted by Crippen LogP contribution is 2.30. The lowest BCUT2D eigenvalue weighted by molar-refractivity contribution is -0.156. The van der Waals surface area contributed by atoms with Gasteiger partial charge >= 0.3 is 0 Å². The topological polar surface area (TPSA) is 93.2 Å². The zero-order valence-corrected chi connectivity index (χ0v) is 16.6. The van der Waals surface area contributed by atoms with Gasteiger partial charge in [0.1, 0.15) is 0 Å². The largest absolute Gasteiger partial charge is 0.342 e. The maximum atomic E-state index is 12.9. The maximum Gasteiger partial charge on any atom is 0.239 e. The fourth-order valence-electron chi connectivity index (χ4n) is 3.98. The first-order valence-corrected chi connectivity index (χ1v) is 10.2. The Balaban J connectivity index is 1.97. The molecule has 1 aliphatic carbocycles. The number of hydrogen-bond donors (Lipinski definition) is 2. The molecule has 8 heteroatoms. The van der Waals surface area contributed by atoms with Crippen LogP contribution in [0, 0.1) is 11.8 Å². The van der Waals surface area contributed by atoms with Crippen LogP contribution in [0.2, 0.25) is 0 Å². The molecule has 1 saturated heterocycles. The monoisotopic (exact) mass is 382 g/mol. The molecule has 0 radical (unpaired) electrons. The van der Waals surface area contributed by atoms with Crippen LogP contribution in [0.4, 0.5) is 0 Å². The second-order valence-corrected chi connectivity index (χ2v) is 8.10. The van der Waals surface area contributed by atoms with Gasteiger partial charge in [-0.3, -0.25) is 25.0 Å². The molecule has 2 rings (SSSR count). The van der Waals surface area contributed by atoms with Crippen molar-refractivity contribution >= 4 is 18.2 Å². The van der Waals surface area contributed by atoms with Gasteiger partial charge in [-0.2, -0.15) is 0 Å². The summed E-state index contributed by atoms with van der Waals surface area (Å²) in [5, 5.41) is 11.8. The molecule has 1 heterocycles. The van der Waals surface area contributed by atoms with Crippen molar-refractivity contribution in [3.63, 3.8) is 0 Å². The van der Waals surface area contributed by atoms with Gasteiger partial charge in [0.05, 0.1) is 19.0 Å². The van der Waals surface area contributed by atoms with Crippen molar-refractivity contribution in [3.05, 3.63) is 0 Å². The van der Waals surface area contributed by atoms with Crippen LogP contribution < -0.4 is 5.43 Å². The Hall–Kier alpha value is -1.67. The Labute approximate surface area is 161 Å². The van der Waals surface area contributed by atoms with Gasteiger partial charge < -0.3 is 4.90 Å². The Morgan fingerprint density at radius 2 is 1.81 bits per heavy atom. The van der Waals surface area contributed by atoms with Crippen molar-refractivity contribution in [2.24, 2.45) is 11.8 Å². The number of nitrogens with one attached hydrogen (secondary N) is 1. The summed E-state index contributed by atoms with van der Waals surface area (Å²) in [7, 11) is 0. The fraction of sp³-hybridized carbons (Fsp3) is 0.842. The zero-order chi connectivity index (χ0) is 19.8. The SMILES string of the molecule is CC(C)N(CC(=O)N1CCCC1)NC(=O)[C@H](CC1CCCC1)CN(O)C=O. The van der Waals surface area contributed by atoms with E-state index >= 15 is 0 Å². The highest BCUT2D eigenvalue weighted by molar-refractivity contribution is 5.81. The van der Waals surface area contributed by atoms with Crippen LogP contribution in [0.1, 0.15) is 58.8 Å². The van der Waals surface area contributed by atoms with Gasteiger partial charge in [-0.15, -0.1) is 0 Å². The Kier molecular flexibility index (Phi) is 8.50. The molecule has 154 valence electrons. The third-order valence-electron chi connectivity index (χ3n) is 5.63. The number of carbonyl (C=O) groups is 3. The number of hydrogen-bond acceptors (Lipinski definition) is 5. The lowest BCUT2D eigenvalue weighted by Gasteiger charge is -2.31. The molecule has 0 unspecified atom stereocenters. The number of hydrazine groups is 1. The third kappa shape index (κ3) is 6.77. The van der Waals surface area contributed by atoms with Crippen LogP contribution >= 0.6 is 0 Å². The van der Waals surface area contributed by atoms with Gasteiger partial charge in [0.15, 0.2) is 0 Å². The first-order chi connectivity index (χ1) is 12.9. The highest BCUT2D eigenvalue weighted by atomic mass is 16.5. The average molecular weight is 383 g/mol. The minimum absolute atomic E-state index is 0.0190. The van der Waals surface area contributed by atoms with E-state index in [9.17, 15) is 19.6 Å². The molecule has 8 nitrogen and oxygen atoms in total. The molecule has 0 aromatic carbocycles. The number of rotatable bonds is 10. The van der Waals surface area contributed by atoms with Gasteiger partial charge in [-0.25, -0.2) is 10.1 Å². The summed E-state index contributed by atoms with van der Waals surface area (Å²) in [4.78, 5) is 38.0. The molecule has 2 aliphatic rings. The molecule has 0 bridgehead atoms. The van der Waals surface area contributed by atoms with Gasteiger partial charge in [-0.1, -0.05) is 25.7 Å². The van der Waals surface area contributed by atoms with Crippen molar-refractivity contribution in [1.82, 2.24) is 20.4 Å². The third-order valence-corrected chi connectivity index (χ3v) is 5.63. The van der Waals surface area contributed by atoms with E-state index in [1.54, 1.807) is 5.01 Å². The molecule has 1 aliphatic heterocycles. The van der Waals surface area contributed by atoms with Crippen LogP contribution in [-0.2, 0) is 14.4 Å². The van der Waals surface area contributed by atoms with E-state index < -0.39 is 5.92 Å². The molecule has 1 atom stereocenters. The van der Waals surface area contributed by atoms with Crippen molar-refractivity contribution in [1.29, 1.82) is 0 Å². The van der Waals surface area contributed by atoms with Crippen LogP contribution in [-0.4, -0.2) is 70.6 Å². The summed E-state index contributed by atoms with van der Waals surface area (Å²) in [6.45, 7) is 5.51. The highest BCUT2D eigenvalue weighted by Gasteiger charge is 2.29. The summed E-state index contributed by atoms with van der Waals surface area (Å²) in [6.07, 6.45) is 7.52. The van der Waals surface area contributed by atoms with Gasteiger partial charge in [-0.05, 0) is 39.0 Å². The molecular weight excluding hydrogens is 348 g/mol. The normalized spacial score (nSPS) is 18.9. The first-order valence-electron chi connectivity index (χ1n) is 10.2. The molecule has 0 aromatic rings. The van der Waals surface area contributed by atoms with Crippen molar-refractivity contribution in [2.45, 2.75) is 64.8 Å². The van der Waals surface area contributed by atoms with E-state index in [0.29, 0.717) is 23.8 Å². The smallest absolute Gasteiger partial charge is 0.239 e.